The third kappa shape index (κ3) is 2.40. The summed E-state index contributed by atoms with van der Waals surface area (Å²) in [5, 5.41) is 13.4. The lowest BCUT2D eigenvalue weighted by Gasteiger charge is -2.32. The summed E-state index contributed by atoms with van der Waals surface area (Å²) in [5.74, 6) is -0.228. The maximum atomic E-state index is 12.9. The molecule has 4 rings (SSSR count). The van der Waals surface area contributed by atoms with Gasteiger partial charge < -0.3 is 18.9 Å². The minimum Gasteiger partial charge on any atom is -0.480 e. The molecule has 2 aromatic heterocycles. The lowest BCUT2D eigenvalue weighted by atomic mass is 9.84. The van der Waals surface area contributed by atoms with Gasteiger partial charge >= 0.3 is 5.97 Å². The molecule has 1 aliphatic carbocycles. The minimum atomic E-state index is -0.951. The standard InChI is InChI=1S/C17H18N2O5/c20-16(11-9-15(24-18-11)14-6-3-7-23-14)19-12-5-2-1-4-10(12)8-13(19)17(21)22/h3,6-7,9-10,12-13H,1-2,4-5,8H2,(H,21,22)/t10-,12+,13+/m1/s1. The number of furan rings is 1. The largest absolute Gasteiger partial charge is 0.480 e. The van der Waals surface area contributed by atoms with Crippen molar-refractivity contribution in [3.05, 3.63) is 30.2 Å². The number of carbonyl (C=O) groups is 2. The minimum absolute atomic E-state index is 0.0175. The summed E-state index contributed by atoms with van der Waals surface area (Å²) in [7, 11) is 0. The molecule has 1 amide bonds. The van der Waals surface area contributed by atoms with Gasteiger partial charge in [0.1, 0.15) is 6.04 Å². The highest BCUT2D eigenvalue weighted by atomic mass is 16.5. The molecule has 7 heteroatoms. The molecule has 3 heterocycles. The zero-order valence-corrected chi connectivity index (χ0v) is 13.1. The molecule has 1 aliphatic heterocycles. The molecule has 126 valence electrons. The van der Waals surface area contributed by atoms with Gasteiger partial charge in [-0.25, -0.2) is 4.79 Å². The van der Waals surface area contributed by atoms with Crippen LogP contribution in [0.25, 0.3) is 11.5 Å². The molecule has 1 saturated heterocycles. The van der Waals surface area contributed by atoms with Gasteiger partial charge in [0.25, 0.3) is 5.91 Å². The first kappa shape index (κ1) is 15.0. The summed E-state index contributed by atoms with van der Waals surface area (Å²) in [6.07, 6.45) is 5.98. The number of carboxylic acids is 1. The van der Waals surface area contributed by atoms with Crippen LogP contribution in [0.15, 0.2) is 33.4 Å². The average molecular weight is 330 g/mol. The monoisotopic (exact) mass is 330 g/mol. The van der Waals surface area contributed by atoms with Crippen LogP contribution < -0.4 is 0 Å². The van der Waals surface area contributed by atoms with Crippen molar-refractivity contribution in [3.63, 3.8) is 0 Å². The van der Waals surface area contributed by atoms with Gasteiger partial charge in [0.2, 0.25) is 5.76 Å². The van der Waals surface area contributed by atoms with E-state index in [1.54, 1.807) is 12.1 Å². The van der Waals surface area contributed by atoms with E-state index in [0.29, 0.717) is 17.9 Å². The summed E-state index contributed by atoms with van der Waals surface area (Å²) in [5.41, 5.74) is 0.124. The van der Waals surface area contributed by atoms with Crippen LogP contribution in [0.4, 0.5) is 0 Å². The first-order valence-electron chi connectivity index (χ1n) is 8.21. The molecule has 0 aromatic carbocycles. The SMILES string of the molecule is O=C(O)[C@@H]1C[C@H]2CCCC[C@@H]2N1C(=O)c1cc(-c2ccco2)on1. The summed E-state index contributed by atoms with van der Waals surface area (Å²) in [4.78, 5) is 26.0. The molecule has 2 fully saturated rings. The molecule has 0 bridgehead atoms. The van der Waals surface area contributed by atoms with Crippen LogP contribution in [0.1, 0.15) is 42.6 Å². The van der Waals surface area contributed by atoms with Gasteiger partial charge in [-0.05, 0) is 37.3 Å². The Morgan fingerprint density at radius 3 is 2.83 bits per heavy atom. The molecule has 7 nitrogen and oxygen atoms in total. The van der Waals surface area contributed by atoms with Crippen molar-refractivity contribution in [3.8, 4) is 11.5 Å². The number of hydrogen-bond donors (Lipinski definition) is 1. The number of hydrogen-bond acceptors (Lipinski definition) is 5. The van der Waals surface area contributed by atoms with Gasteiger partial charge in [-0.15, -0.1) is 0 Å². The number of carbonyl (C=O) groups excluding carboxylic acids is 1. The molecule has 24 heavy (non-hydrogen) atoms. The summed E-state index contributed by atoms with van der Waals surface area (Å²) < 4.78 is 10.4. The number of fused-ring (bicyclic) bond motifs is 1. The fraction of sp³-hybridized carbons (Fsp3) is 0.471. The molecule has 0 spiro atoms. The predicted octanol–water partition coefficient (Wildman–Crippen LogP) is 2.79. The van der Waals surface area contributed by atoms with Crippen molar-refractivity contribution in [1.82, 2.24) is 10.1 Å². The summed E-state index contributed by atoms with van der Waals surface area (Å²) >= 11 is 0. The molecule has 1 saturated carbocycles. The van der Waals surface area contributed by atoms with E-state index in [4.69, 9.17) is 8.94 Å². The fourth-order valence-electron chi connectivity index (χ4n) is 4.02. The van der Waals surface area contributed by atoms with E-state index in [1.165, 1.54) is 17.2 Å². The Labute approximate surface area is 138 Å². The zero-order chi connectivity index (χ0) is 16.7. The van der Waals surface area contributed by atoms with Crippen LogP contribution in [0.3, 0.4) is 0 Å². The molecule has 3 atom stereocenters. The van der Waals surface area contributed by atoms with Crippen molar-refractivity contribution < 1.29 is 23.6 Å². The quantitative estimate of drug-likeness (QED) is 0.929. The average Bonchev–Trinajstić information content (AvgIpc) is 3.31. The molecule has 0 radical (unpaired) electrons. The Morgan fingerprint density at radius 1 is 1.25 bits per heavy atom. The van der Waals surface area contributed by atoms with Crippen molar-refractivity contribution in [2.24, 2.45) is 5.92 Å². The van der Waals surface area contributed by atoms with Gasteiger partial charge in [0.15, 0.2) is 11.5 Å². The van der Waals surface area contributed by atoms with Gasteiger partial charge in [-0.2, -0.15) is 0 Å². The third-order valence-corrected chi connectivity index (χ3v) is 5.10. The second-order valence-corrected chi connectivity index (χ2v) is 6.47. The molecule has 2 aliphatic rings. The number of carboxylic acid groups (broad SMARTS) is 1. The lowest BCUT2D eigenvalue weighted by Crippen LogP contribution is -2.46. The van der Waals surface area contributed by atoms with Crippen LogP contribution in [0.2, 0.25) is 0 Å². The van der Waals surface area contributed by atoms with E-state index in [1.807, 2.05) is 0 Å². The Morgan fingerprint density at radius 2 is 2.08 bits per heavy atom. The number of aliphatic carboxylic acids is 1. The van der Waals surface area contributed by atoms with Crippen LogP contribution in [0, 0.1) is 5.92 Å². The van der Waals surface area contributed by atoms with Gasteiger partial charge in [0, 0.05) is 12.1 Å². The van der Waals surface area contributed by atoms with Crippen LogP contribution >= 0.6 is 0 Å². The van der Waals surface area contributed by atoms with Crippen LogP contribution in [-0.4, -0.2) is 39.1 Å². The molecular formula is C17H18N2O5. The second-order valence-electron chi connectivity index (χ2n) is 6.47. The lowest BCUT2D eigenvalue weighted by molar-refractivity contribution is -0.141. The molecular weight excluding hydrogens is 312 g/mol. The maximum absolute atomic E-state index is 12.9. The second kappa shape index (κ2) is 5.81. The van der Waals surface area contributed by atoms with E-state index in [-0.39, 0.29) is 23.6 Å². The Kier molecular flexibility index (Phi) is 3.63. The van der Waals surface area contributed by atoms with E-state index in [2.05, 4.69) is 5.16 Å². The highest BCUT2D eigenvalue weighted by Crippen LogP contribution is 2.40. The molecule has 0 unspecified atom stereocenters. The highest BCUT2D eigenvalue weighted by Gasteiger charge is 2.48. The first-order valence-corrected chi connectivity index (χ1v) is 8.21. The summed E-state index contributed by atoms with van der Waals surface area (Å²) in [6.45, 7) is 0. The first-order chi connectivity index (χ1) is 11.6. The van der Waals surface area contributed by atoms with E-state index in [0.717, 1.165) is 25.7 Å². The third-order valence-electron chi connectivity index (χ3n) is 5.10. The van der Waals surface area contributed by atoms with Crippen LogP contribution in [0.5, 0.6) is 0 Å². The van der Waals surface area contributed by atoms with Crippen molar-refractivity contribution in [1.29, 1.82) is 0 Å². The van der Waals surface area contributed by atoms with E-state index in [9.17, 15) is 14.7 Å². The molecule has 2 aromatic rings. The topological polar surface area (TPSA) is 96.8 Å². The Hall–Kier alpha value is -2.57. The van der Waals surface area contributed by atoms with Gasteiger partial charge in [-0.1, -0.05) is 18.0 Å². The van der Waals surface area contributed by atoms with Crippen molar-refractivity contribution in [2.45, 2.75) is 44.2 Å². The number of rotatable bonds is 3. The number of nitrogens with zero attached hydrogens (tertiary/aromatic N) is 2. The fourth-order valence-corrected chi connectivity index (χ4v) is 4.02. The molecule has 1 N–H and O–H groups in total. The Bertz CT molecular complexity index is 751. The van der Waals surface area contributed by atoms with Crippen LogP contribution in [-0.2, 0) is 4.79 Å². The van der Waals surface area contributed by atoms with Crippen molar-refractivity contribution >= 4 is 11.9 Å². The zero-order valence-electron chi connectivity index (χ0n) is 13.1. The number of aromatic nitrogens is 1. The van der Waals surface area contributed by atoms with E-state index < -0.39 is 12.0 Å². The van der Waals surface area contributed by atoms with Gasteiger partial charge in [0.05, 0.1) is 6.26 Å². The highest BCUT2D eigenvalue weighted by molar-refractivity contribution is 5.96. The number of amides is 1. The summed E-state index contributed by atoms with van der Waals surface area (Å²) in [6, 6.07) is 4.14. The van der Waals surface area contributed by atoms with Crippen molar-refractivity contribution in [2.75, 3.05) is 0 Å². The van der Waals surface area contributed by atoms with E-state index >= 15 is 0 Å². The van der Waals surface area contributed by atoms with Gasteiger partial charge in [-0.3, -0.25) is 4.79 Å². The maximum Gasteiger partial charge on any atom is 0.326 e. The smallest absolute Gasteiger partial charge is 0.326 e. The predicted molar refractivity (Wildman–Crippen MR) is 82.2 cm³/mol. The normalized spacial score (nSPS) is 26.3. The Balaban J connectivity index is 1.63. The number of likely N-dealkylation sites (tertiary alicyclic amines) is 1.